The maximum atomic E-state index is 13.3. The topological polar surface area (TPSA) is 92.8 Å². The number of amides is 1. The number of hydrogen-bond acceptors (Lipinski definition) is 5. The fourth-order valence-corrected chi connectivity index (χ4v) is 5.43. The van der Waals surface area contributed by atoms with Gasteiger partial charge in [-0.2, -0.15) is 4.31 Å². The highest BCUT2D eigenvalue weighted by molar-refractivity contribution is 7.89. The van der Waals surface area contributed by atoms with Gasteiger partial charge in [-0.1, -0.05) is 42.8 Å². The average molecular weight is 473 g/mol. The molecule has 3 rings (SSSR count). The molecule has 0 radical (unpaired) electrons. The second kappa shape index (κ2) is 11.0. The Morgan fingerprint density at radius 1 is 1.03 bits per heavy atom. The zero-order valence-corrected chi connectivity index (χ0v) is 20.2. The molecule has 0 spiro atoms. The van der Waals surface area contributed by atoms with Gasteiger partial charge in [0.1, 0.15) is 6.04 Å². The largest absolute Gasteiger partial charge is 0.374 e. The van der Waals surface area contributed by atoms with Crippen LogP contribution in [0.4, 0.5) is 0 Å². The maximum Gasteiger partial charge on any atom is 0.243 e. The van der Waals surface area contributed by atoms with E-state index in [-0.39, 0.29) is 22.7 Å². The summed E-state index contributed by atoms with van der Waals surface area (Å²) < 4.78 is 33.4. The Kier molecular flexibility index (Phi) is 8.40. The standard InChI is InChI=1S/C25H32N2O5S/c1-18(2)32-17-21-9-7-20(8-10-21)16-26-25(29)24-6-4-5-15-27(24)33(30,31)23-13-11-22(12-14-23)19(3)28/h7-14,18,24H,4-6,15-17H2,1-3H3,(H,26,29). The molecule has 1 saturated heterocycles. The third kappa shape index (κ3) is 6.50. The number of rotatable bonds is 9. The van der Waals surface area contributed by atoms with E-state index in [1.807, 2.05) is 38.1 Å². The van der Waals surface area contributed by atoms with Gasteiger partial charge < -0.3 is 10.1 Å². The minimum Gasteiger partial charge on any atom is -0.374 e. The number of carbonyl (C=O) groups is 2. The maximum absolute atomic E-state index is 13.3. The van der Waals surface area contributed by atoms with E-state index in [4.69, 9.17) is 4.74 Å². The number of nitrogens with one attached hydrogen (secondary N) is 1. The predicted octanol–water partition coefficient (Wildman–Crippen LogP) is 3.67. The van der Waals surface area contributed by atoms with E-state index in [1.54, 1.807) is 0 Å². The minimum absolute atomic E-state index is 0.0893. The lowest BCUT2D eigenvalue weighted by atomic mass is 10.0. The lowest BCUT2D eigenvalue weighted by molar-refractivity contribution is -0.125. The summed E-state index contributed by atoms with van der Waals surface area (Å²) in [5.41, 5.74) is 2.43. The number of carbonyl (C=O) groups excluding carboxylic acids is 2. The number of piperidine rings is 1. The number of benzene rings is 2. The van der Waals surface area contributed by atoms with Gasteiger partial charge in [-0.05, 0) is 56.9 Å². The Morgan fingerprint density at radius 2 is 1.67 bits per heavy atom. The number of Topliss-reactive ketones (excluding diaryl/α,β-unsaturated/α-hetero) is 1. The normalized spacial score (nSPS) is 17.2. The zero-order valence-electron chi connectivity index (χ0n) is 19.4. The van der Waals surface area contributed by atoms with Crippen LogP contribution in [-0.2, 0) is 32.7 Å². The van der Waals surface area contributed by atoms with Crippen molar-refractivity contribution in [2.45, 2.75) is 70.2 Å². The summed E-state index contributed by atoms with van der Waals surface area (Å²) >= 11 is 0. The van der Waals surface area contributed by atoms with Crippen molar-refractivity contribution in [1.82, 2.24) is 9.62 Å². The lowest BCUT2D eigenvalue weighted by Gasteiger charge is -2.33. The highest BCUT2D eigenvalue weighted by Crippen LogP contribution is 2.26. The molecule has 178 valence electrons. The molecule has 7 nitrogen and oxygen atoms in total. The van der Waals surface area contributed by atoms with Crippen molar-refractivity contribution >= 4 is 21.7 Å². The van der Waals surface area contributed by atoms with Crippen LogP contribution in [0.5, 0.6) is 0 Å². The van der Waals surface area contributed by atoms with Gasteiger partial charge in [0.2, 0.25) is 15.9 Å². The first-order valence-corrected chi connectivity index (χ1v) is 12.7. The van der Waals surface area contributed by atoms with E-state index < -0.39 is 16.1 Å². The van der Waals surface area contributed by atoms with E-state index in [1.165, 1.54) is 35.5 Å². The van der Waals surface area contributed by atoms with E-state index in [9.17, 15) is 18.0 Å². The van der Waals surface area contributed by atoms with Gasteiger partial charge in [0.15, 0.2) is 5.78 Å². The van der Waals surface area contributed by atoms with E-state index in [0.29, 0.717) is 38.1 Å². The van der Waals surface area contributed by atoms with Crippen molar-refractivity contribution in [2.75, 3.05) is 6.54 Å². The molecule has 0 aromatic heterocycles. The first-order chi connectivity index (χ1) is 15.7. The van der Waals surface area contributed by atoms with E-state index >= 15 is 0 Å². The number of ketones is 1. The molecule has 0 aliphatic carbocycles. The second-order valence-corrected chi connectivity index (χ2v) is 10.5. The van der Waals surface area contributed by atoms with Crippen molar-refractivity contribution in [2.24, 2.45) is 0 Å². The van der Waals surface area contributed by atoms with Crippen molar-refractivity contribution in [3.63, 3.8) is 0 Å². The fourth-order valence-electron chi connectivity index (χ4n) is 3.77. The molecule has 1 amide bonds. The molecular formula is C25H32N2O5S. The first-order valence-electron chi connectivity index (χ1n) is 11.3. The molecule has 2 aromatic rings. The molecule has 33 heavy (non-hydrogen) atoms. The van der Waals surface area contributed by atoms with Crippen LogP contribution in [-0.4, -0.2) is 43.1 Å². The van der Waals surface area contributed by atoms with E-state index in [2.05, 4.69) is 5.32 Å². The average Bonchev–Trinajstić information content (AvgIpc) is 2.81. The molecule has 1 heterocycles. The van der Waals surface area contributed by atoms with Crippen molar-refractivity contribution in [3.8, 4) is 0 Å². The molecule has 8 heteroatoms. The smallest absolute Gasteiger partial charge is 0.243 e. The van der Waals surface area contributed by atoms with Crippen LogP contribution in [0.3, 0.4) is 0 Å². The molecule has 1 aliphatic heterocycles. The number of nitrogens with zero attached hydrogens (tertiary/aromatic N) is 1. The predicted molar refractivity (Wildman–Crippen MR) is 126 cm³/mol. The van der Waals surface area contributed by atoms with E-state index in [0.717, 1.165) is 17.5 Å². The van der Waals surface area contributed by atoms with Gasteiger partial charge in [0.25, 0.3) is 0 Å². The van der Waals surface area contributed by atoms with Crippen LogP contribution < -0.4 is 5.32 Å². The van der Waals surface area contributed by atoms with Gasteiger partial charge in [-0.15, -0.1) is 0 Å². The third-order valence-corrected chi connectivity index (χ3v) is 7.62. The third-order valence-electron chi connectivity index (χ3n) is 5.70. The molecular weight excluding hydrogens is 440 g/mol. The highest BCUT2D eigenvalue weighted by atomic mass is 32.2. The summed E-state index contributed by atoms with van der Waals surface area (Å²) in [5, 5.41) is 2.89. The van der Waals surface area contributed by atoms with Gasteiger partial charge >= 0.3 is 0 Å². The SMILES string of the molecule is CC(=O)c1ccc(S(=O)(=O)N2CCCCC2C(=O)NCc2ccc(COC(C)C)cc2)cc1. The Hall–Kier alpha value is -2.55. The lowest BCUT2D eigenvalue weighted by Crippen LogP contribution is -2.51. The van der Waals surface area contributed by atoms with Crippen molar-refractivity contribution < 1.29 is 22.7 Å². The molecule has 1 N–H and O–H groups in total. The summed E-state index contributed by atoms with van der Waals surface area (Å²) in [6.45, 7) is 6.55. The summed E-state index contributed by atoms with van der Waals surface area (Å²) in [7, 11) is -3.85. The van der Waals surface area contributed by atoms with Gasteiger partial charge in [0, 0.05) is 18.7 Å². The molecule has 0 bridgehead atoms. The summed E-state index contributed by atoms with van der Waals surface area (Å²) in [6, 6.07) is 12.9. The molecule has 1 atom stereocenters. The van der Waals surface area contributed by atoms with Crippen LogP contribution in [0.25, 0.3) is 0 Å². The molecule has 2 aromatic carbocycles. The van der Waals surface area contributed by atoms with Crippen molar-refractivity contribution in [1.29, 1.82) is 0 Å². The van der Waals surface area contributed by atoms with Crippen LogP contribution in [0.1, 0.15) is 61.5 Å². The first kappa shape index (κ1) is 25.1. The quantitative estimate of drug-likeness (QED) is 0.562. The molecule has 0 saturated carbocycles. The van der Waals surface area contributed by atoms with Crippen LogP contribution >= 0.6 is 0 Å². The molecule has 1 unspecified atom stereocenters. The highest BCUT2D eigenvalue weighted by Gasteiger charge is 2.37. The number of ether oxygens (including phenoxy) is 1. The Morgan fingerprint density at radius 3 is 2.27 bits per heavy atom. The van der Waals surface area contributed by atoms with Crippen LogP contribution in [0, 0.1) is 0 Å². The van der Waals surface area contributed by atoms with Crippen LogP contribution in [0.15, 0.2) is 53.4 Å². The fraction of sp³-hybridized carbons (Fsp3) is 0.440. The Labute approximate surface area is 196 Å². The van der Waals surface area contributed by atoms with Gasteiger partial charge in [0.05, 0.1) is 17.6 Å². The molecule has 1 aliphatic rings. The van der Waals surface area contributed by atoms with Gasteiger partial charge in [-0.3, -0.25) is 9.59 Å². The Balaban J connectivity index is 1.66. The summed E-state index contributed by atoms with van der Waals surface area (Å²) in [5.74, 6) is -0.430. The molecule has 1 fully saturated rings. The summed E-state index contributed by atoms with van der Waals surface area (Å²) in [4.78, 5) is 24.6. The number of sulfonamides is 1. The summed E-state index contributed by atoms with van der Waals surface area (Å²) in [6.07, 6.45) is 2.12. The zero-order chi connectivity index (χ0) is 24.0. The van der Waals surface area contributed by atoms with Crippen LogP contribution in [0.2, 0.25) is 0 Å². The monoisotopic (exact) mass is 472 g/mol. The minimum atomic E-state index is -3.85. The van der Waals surface area contributed by atoms with Crippen molar-refractivity contribution in [3.05, 3.63) is 65.2 Å². The second-order valence-electron chi connectivity index (χ2n) is 8.60. The number of hydrogen-bond donors (Lipinski definition) is 1. The van der Waals surface area contributed by atoms with Gasteiger partial charge in [-0.25, -0.2) is 8.42 Å². The Bertz CT molecular complexity index is 1060.